The Morgan fingerprint density at radius 3 is 2.88 bits per heavy atom. The first kappa shape index (κ1) is 12.8. The van der Waals surface area contributed by atoms with Gasteiger partial charge < -0.3 is 10.5 Å². The Bertz CT molecular complexity index is 408. The minimum atomic E-state index is -0.748. The molecule has 0 saturated carbocycles. The fourth-order valence-corrected chi connectivity index (χ4v) is 2.80. The van der Waals surface area contributed by atoms with Crippen LogP contribution in [0.4, 0.5) is 8.78 Å². The fourth-order valence-electron chi connectivity index (χ4n) is 1.88. The van der Waals surface area contributed by atoms with E-state index in [4.69, 9.17) is 10.5 Å². The number of hydrogen-bond donors (Lipinski definition) is 1. The van der Waals surface area contributed by atoms with Crippen molar-refractivity contribution in [2.75, 3.05) is 18.1 Å². The number of nitrogens with two attached hydrogens (primary N) is 1. The van der Waals surface area contributed by atoms with Gasteiger partial charge in [0.05, 0.1) is 18.8 Å². The Hall–Kier alpha value is -0.650. The van der Waals surface area contributed by atoms with E-state index in [-0.39, 0.29) is 11.7 Å². The molecule has 2 unspecified atom stereocenters. The van der Waals surface area contributed by atoms with E-state index in [0.29, 0.717) is 17.9 Å². The number of thioether (sulfide) groups is 1. The number of rotatable bonds is 2. The van der Waals surface area contributed by atoms with Crippen LogP contribution in [0, 0.1) is 18.6 Å². The van der Waals surface area contributed by atoms with Crippen LogP contribution in [0.5, 0.6) is 0 Å². The van der Waals surface area contributed by atoms with Crippen molar-refractivity contribution in [1.29, 1.82) is 0 Å². The molecule has 0 aromatic heterocycles. The molecule has 0 amide bonds. The molecule has 5 heteroatoms. The van der Waals surface area contributed by atoms with Crippen LogP contribution in [0.25, 0.3) is 0 Å². The maximum Gasteiger partial charge on any atom is 0.133 e. The maximum absolute atomic E-state index is 13.9. The van der Waals surface area contributed by atoms with E-state index in [1.165, 1.54) is 12.1 Å². The van der Waals surface area contributed by atoms with E-state index in [2.05, 4.69) is 0 Å². The average molecular weight is 259 g/mol. The molecular formula is C12H15F2NOS. The second-order valence-electron chi connectivity index (χ2n) is 4.10. The van der Waals surface area contributed by atoms with E-state index in [1.54, 1.807) is 18.7 Å². The van der Waals surface area contributed by atoms with Gasteiger partial charge in [0.1, 0.15) is 11.6 Å². The van der Waals surface area contributed by atoms with Crippen LogP contribution < -0.4 is 5.73 Å². The van der Waals surface area contributed by atoms with Gasteiger partial charge in [-0.25, -0.2) is 8.78 Å². The van der Waals surface area contributed by atoms with Crippen LogP contribution in [0.2, 0.25) is 0 Å². The van der Waals surface area contributed by atoms with Gasteiger partial charge in [0, 0.05) is 17.1 Å². The predicted molar refractivity (Wildman–Crippen MR) is 65.1 cm³/mol. The van der Waals surface area contributed by atoms with Gasteiger partial charge in [0.15, 0.2) is 0 Å². The molecule has 1 aromatic carbocycles. The lowest BCUT2D eigenvalue weighted by molar-refractivity contribution is 0.0551. The van der Waals surface area contributed by atoms with Gasteiger partial charge >= 0.3 is 0 Å². The zero-order valence-electron chi connectivity index (χ0n) is 9.58. The van der Waals surface area contributed by atoms with Gasteiger partial charge in [-0.05, 0) is 18.6 Å². The second-order valence-corrected chi connectivity index (χ2v) is 5.25. The van der Waals surface area contributed by atoms with Crippen LogP contribution in [0.15, 0.2) is 12.1 Å². The van der Waals surface area contributed by atoms with Gasteiger partial charge in [-0.3, -0.25) is 0 Å². The summed E-state index contributed by atoms with van der Waals surface area (Å²) in [5.74, 6) is 0.423. The molecule has 0 bridgehead atoms. The number of aryl methyl sites for hydroxylation is 1. The molecule has 1 heterocycles. The van der Waals surface area contributed by atoms with Gasteiger partial charge in [-0.2, -0.15) is 11.8 Å². The highest BCUT2D eigenvalue weighted by Gasteiger charge is 2.28. The van der Waals surface area contributed by atoms with E-state index in [0.717, 1.165) is 5.75 Å². The normalized spacial score (nSPS) is 22.5. The molecule has 1 aromatic rings. The van der Waals surface area contributed by atoms with Gasteiger partial charge in [0.25, 0.3) is 0 Å². The van der Waals surface area contributed by atoms with Crippen molar-refractivity contribution in [3.63, 3.8) is 0 Å². The molecular weight excluding hydrogens is 244 g/mol. The molecule has 0 aliphatic carbocycles. The second kappa shape index (κ2) is 5.33. The minimum absolute atomic E-state index is 0.0579. The largest absolute Gasteiger partial charge is 0.375 e. The Labute approximate surface area is 104 Å². The van der Waals surface area contributed by atoms with Crippen LogP contribution >= 0.6 is 11.8 Å². The quantitative estimate of drug-likeness (QED) is 0.886. The topological polar surface area (TPSA) is 35.2 Å². The first-order chi connectivity index (χ1) is 8.11. The van der Waals surface area contributed by atoms with Crippen molar-refractivity contribution in [3.8, 4) is 0 Å². The van der Waals surface area contributed by atoms with Crippen molar-refractivity contribution in [2.45, 2.75) is 19.1 Å². The summed E-state index contributed by atoms with van der Waals surface area (Å²) in [4.78, 5) is 0. The SMILES string of the molecule is Cc1ccc(F)c(C(N)C2CSCCO2)c1F. The summed E-state index contributed by atoms with van der Waals surface area (Å²) in [5, 5.41) is 0. The highest BCUT2D eigenvalue weighted by atomic mass is 32.2. The standard InChI is InChI=1S/C12H15F2NOS/c1-7-2-3-8(13)10(11(7)14)12(15)9-6-17-5-4-16-9/h2-3,9,12H,4-6,15H2,1H3. The van der Waals surface area contributed by atoms with Crippen LogP contribution in [0.3, 0.4) is 0 Å². The van der Waals surface area contributed by atoms with Crippen LogP contribution in [-0.2, 0) is 4.74 Å². The van der Waals surface area contributed by atoms with Crippen molar-refractivity contribution in [2.24, 2.45) is 5.73 Å². The molecule has 1 aliphatic heterocycles. The summed E-state index contributed by atoms with van der Waals surface area (Å²) in [6.45, 7) is 2.18. The Balaban J connectivity index is 2.29. The van der Waals surface area contributed by atoms with Crippen molar-refractivity contribution in [1.82, 2.24) is 0 Å². The van der Waals surface area contributed by atoms with E-state index < -0.39 is 17.7 Å². The molecule has 2 N–H and O–H groups in total. The van der Waals surface area contributed by atoms with Gasteiger partial charge in [0.2, 0.25) is 0 Å². The van der Waals surface area contributed by atoms with Crippen molar-refractivity contribution < 1.29 is 13.5 Å². The summed E-state index contributed by atoms with van der Waals surface area (Å²) >= 11 is 1.69. The average Bonchev–Trinajstić information content (AvgIpc) is 2.35. The Morgan fingerprint density at radius 2 is 2.24 bits per heavy atom. The summed E-state index contributed by atoms with van der Waals surface area (Å²) in [7, 11) is 0. The summed E-state index contributed by atoms with van der Waals surface area (Å²) in [5.41, 5.74) is 6.27. The maximum atomic E-state index is 13.9. The van der Waals surface area contributed by atoms with Crippen molar-refractivity contribution >= 4 is 11.8 Å². The van der Waals surface area contributed by atoms with Crippen LogP contribution in [0.1, 0.15) is 17.2 Å². The number of benzene rings is 1. The molecule has 0 radical (unpaired) electrons. The monoisotopic (exact) mass is 259 g/mol. The fraction of sp³-hybridized carbons (Fsp3) is 0.500. The lowest BCUT2D eigenvalue weighted by Crippen LogP contribution is -2.35. The Morgan fingerprint density at radius 1 is 1.47 bits per heavy atom. The van der Waals surface area contributed by atoms with Crippen LogP contribution in [-0.4, -0.2) is 24.2 Å². The predicted octanol–water partition coefficient (Wildman–Crippen LogP) is 2.41. The molecule has 94 valence electrons. The number of hydrogen-bond acceptors (Lipinski definition) is 3. The molecule has 2 atom stereocenters. The lowest BCUT2D eigenvalue weighted by atomic mass is 9.99. The number of ether oxygens (including phenoxy) is 1. The lowest BCUT2D eigenvalue weighted by Gasteiger charge is -2.28. The van der Waals surface area contributed by atoms with E-state index in [9.17, 15) is 8.78 Å². The molecule has 1 fully saturated rings. The van der Waals surface area contributed by atoms with E-state index in [1.807, 2.05) is 0 Å². The zero-order valence-corrected chi connectivity index (χ0v) is 10.4. The molecule has 0 spiro atoms. The first-order valence-corrected chi connectivity index (χ1v) is 6.66. The highest BCUT2D eigenvalue weighted by Crippen LogP contribution is 2.28. The number of halogens is 2. The third-order valence-electron chi connectivity index (χ3n) is 2.90. The zero-order chi connectivity index (χ0) is 12.4. The third kappa shape index (κ3) is 2.61. The summed E-state index contributed by atoms with van der Waals surface area (Å²) < 4.78 is 33.0. The smallest absolute Gasteiger partial charge is 0.133 e. The highest BCUT2D eigenvalue weighted by molar-refractivity contribution is 7.99. The molecule has 2 nitrogen and oxygen atoms in total. The van der Waals surface area contributed by atoms with Crippen molar-refractivity contribution in [3.05, 3.63) is 34.9 Å². The Kier molecular flexibility index (Phi) is 4.01. The summed E-state index contributed by atoms with van der Waals surface area (Å²) in [6, 6.07) is 1.92. The summed E-state index contributed by atoms with van der Waals surface area (Å²) in [6.07, 6.45) is -0.320. The van der Waals surface area contributed by atoms with E-state index >= 15 is 0 Å². The van der Waals surface area contributed by atoms with Gasteiger partial charge in [-0.15, -0.1) is 0 Å². The minimum Gasteiger partial charge on any atom is -0.375 e. The first-order valence-electron chi connectivity index (χ1n) is 5.50. The molecule has 1 saturated heterocycles. The van der Waals surface area contributed by atoms with Gasteiger partial charge in [-0.1, -0.05) is 6.07 Å². The molecule has 17 heavy (non-hydrogen) atoms. The molecule has 1 aliphatic rings. The third-order valence-corrected chi connectivity index (χ3v) is 3.91. The molecule has 2 rings (SSSR count).